The maximum atomic E-state index is 3.64. The van der Waals surface area contributed by atoms with Gasteiger partial charge in [-0.15, -0.1) is 0 Å². The van der Waals surface area contributed by atoms with Crippen LogP contribution in [0.15, 0.2) is 0 Å². The number of rotatable bonds is 3. The molecule has 0 saturated heterocycles. The molecule has 0 amide bonds. The van der Waals surface area contributed by atoms with Crippen molar-refractivity contribution in [1.29, 1.82) is 0 Å². The fourth-order valence-electron chi connectivity index (χ4n) is 1.86. The Bertz CT molecular complexity index is 506. The fourth-order valence-corrected chi connectivity index (χ4v) is 8.74. The zero-order valence-corrected chi connectivity index (χ0v) is 20.0. The molecule has 134 valence electrons. The first-order valence-electron chi connectivity index (χ1n) is 9.02. The van der Waals surface area contributed by atoms with E-state index in [-0.39, 0.29) is 16.2 Å². The van der Waals surface area contributed by atoms with Crippen LogP contribution in [-0.4, -0.2) is 30.4 Å². The Labute approximate surface area is 154 Å². The van der Waals surface area contributed by atoms with E-state index in [0.29, 0.717) is 0 Å². The summed E-state index contributed by atoms with van der Waals surface area (Å²) < 4.78 is 13.4. The molecule has 0 aromatic heterocycles. The molecule has 0 aliphatic carbocycles. The van der Waals surface area contributed by atoms with Gasteiger partial charge in [-0.05, 0) is 0 Å². The monoisotopic (exact) mass is 389 g/mol. The van der Waals surface area contributed by atoms with Gasteiger partial charge in [0, 0.05) is 0 Å². The number of hydrogen-bond donors (Lipinski definition) is 0. The van der Waals surface area contributed by atoms with Crippen LogP contribution in [0, 0.1) is 48.3 Å². The van der Waals surface area contributed by atoms with E-state index in [9.17, 15) is 0 Å². The van der Waals surface area contributed by atoms with Crippen molar-refractivity contribution in [3.05, 3.63) is 0 Å². The molecule has 0 bridgehead atoms. The second-order valence-corrected chi connectivity index (χ2v) is 15.3. The summed E-state index contributed by atoms with van der Waals surface area (Å²) in [7, 11) is 0. The van der Waals surface area contributed by atoms with Gasteiger partial charge in [0.25, 0.3) is 0 Å². The van der Waals surface area contributed by atoms with E-state index < -0.39 is 13.5 Å². The Morgan fingerprint density at radius 3 is 1.00 bits per heavy atom. The van der Waals surface area contributed by atoms with E-state index in [1.54, 1.807) is 0 Å². The Balaban J connectivity index is 6.54. The van der Waals surface area contributed by atoms with Gasteiger partial charge in [0.05, 0.1) is 0 Å². The SMILES string of the molecule is CC[N](CC)[Ge]([C]#CC(C)(C)C)([C]#CC(C)(C)C)[C]#CC(C)(C)C. The van der Waals surface area contributed by atoms with Crippen molar-refractivity contribution >= 4 is 13.5 Å². The molecule has 0 rings (SSSR count). The van der Waals surface area contributed by atoms with Crippen LogP contribution in [0.25, 0.3) is 0 Å². The third kappa shape index (κ3) is 9.47. The van der Waals surface area contributed by atoms with Gasteiger partial charge in [-0.2, -0.15) is 0 Å². The molecule has 0 unspecified atom stereocenters. The summed E-state index contributed by atoms with van der Waals surface area (Å²) in [5.41, 5.74) is -0.0938. The molecular weight excluding hydrogens is 351 g/mol. The summed E-state index contributed by atoms with van der Waals surface area (Å²) in [4.78, 5) is 0. The molecular formula is C22H37GeN. The van der Waals surface area contributed by atoms with E-state index in [2.05, 4.69) is 112 Å². The van der Waals surface area contributed by atoms with Gasteiger partial charge in [0.2, 0.25) is 0 Å². The standard InChI is InChI=1S/C22H37GeN/c1-12-24(13-2)23(17-14-20(3,4)5,18-15-21(6,7)8)19-16-22(9,10)11/h12-13H2,1-11H3. The van der Waals surface area contributed by atoms with Crippen molar-refractivity contribution in [2.45, 2.75) is 76.2 Å². The molecule has 0 atom stereocenters. The topological polar surface area (TPSA) is 3.24 Å². The maximum absolute atomic E-state index is 3.64. The van der Waals surface area contributed by atoms with E-state index in [1.807, 2.05) is 0 Å². The van der Waals surface area contributed by atoms with Gasteiger partial charge in [0.15, 0.2) is 0 Å². The van der Waals surface area contributed by atoms with Gasteiger partial charge < -0.3 is 0 Å². The molecule has 0 heterocycles. The van der Waals surface area contributed by atoms with Crippen molar-refractivity contribution in [2.24, 2.45) is 16.2 Å². The summed E-state index contributed by atoms with van der Waals surface area (Å²) in [6.07, 6.45) is 0. The minimum absolute atomic E-state index is 0.0313. The molecule has 0 fully saturated rings. The third-order valence-electron chi connectivity index (χ3n) is 3.09. The average Bonchev–Trinajstić information content (AvgIpc) is 2.38. The molecule has 0 N–H and O–H groups in total. The van der Waals surface area contributed by atoms with Gasteiger partial charge in [-0.25, -0.2) is 0 Å². The Kier molecular flexibility index (Phi) is 8.23. The quantitative estimate of drug-likeness (QED) is 0.484. The summed E-state index contributed by atoms with van der Waals surface area (Å²) >= 11 is -3.13. The summed E-state index contributed by atoms with van der Waals surface area (Å²) in [5, 5.41) is 0. The number of hydrogen-bond acceptors (Lipinski definition) is 1. The van der Waals surface area contributed by atoms with E-state index in [4.69, 9.17) is 0 Å². The van der Waals surface area contributed by atoms with Crippen LogP contribution in [0.4, 0.5) is 0 Å². The van der Waals surface area contributed by atoms with Crippen molar-refractivity contribution in [1.82, 2.24) is 3.86 Å². The van der Waals surface area contributed by atoms with Crippen LogP contribution in [-0.2, 0) is 0 Å². The first-order valence-corrected chi connectivity index (χ1v) is 13.1. The average molecular weight is 388 g/mol. The van der Waals surface area contributed by atoms with E-state index in [0.717, 1.165) is 13.1 Å². The van der Waals surface area contributed by atoms with E-state index in [1.165, 1.54) is 0 Å². The first-order chi connectivity index (χ1) is 10.6. The molecule has 0 radical (unpaired) electrons. The van der Waals surface area contributed by atoms with Crippen LogP contribution >= 0.6 is 0 Å². The van der Waals surface area contributed by atoms with Gasteiger partial charge >= 0.3 is 155 Å². The third-order valence-corrected chi connectivity index (χ3v) is 9.47. The summed E-state index contributed by atoms with van der Waals surface area (Å²) in [5.74, 6) is 10.4. The van der Waals surface area contributed by atoms with Gasteiger partial charge in [-0.3, -0.25) is 0 Å². The second-order valence-electron chi connectivity index (χ2n) is 9.38. The van der Waals surface area contributed by atoms with Crippen LogP contribution in [0.2, 0.25) is 0 Å². The van der Waals surface area contributed by atoms with Crippen molar-refractivity contribution in [2.75, 3.05) is 13.1 Å². The molecule has 0 aliphatic rings. The predicted octanol–water partition coefficient (Wildman–Crippen LogP) is 5.04. The molecule has 24 heavy (non-hydrogen) atoms. The normalized spacial score (nSPS) is 12.5. The summed E-state index contributed by atoms with van der Waals surface area (Å²) in [6, 6.07) is 0. The van der Waals surface area contributed by atoms with Crippen LogP contribution in [0.1, 0.15) is 76.2 Å². The van der Waals surface area contributed by atoms with Crippen molar-refractivity contribution < 1.29 is 0 Å². The van der Waals surface area contributed by atoms with Crippen LogP contribution in [0.5, 0.6) is 0 Å². The molecule has 1 nitrogen and oxygen atoms in total. The summed E-state index contributed by atoms with van der Waals surface area (Å²) in [6.45, 7) is 25.7. The second kappa shape index (κ2) is 8.52. The molecule has 2 heteroatoms. The minimum atomic E-state index is -3.13. The molecule has 0 aromatic rings. The predicted molar refractivity (Wildman–Crippen MR) is 110 cm³/mol. The zero-order chi connectivity index (χ0) is 19.2. The Hall–Kier alpha value is -0.817. The molecule has 0 aliphatic heterocycles. The van der Waals surface area contributed by atoms with Crippen LogP contribution < -0.4 is 0 Å². The molecule has 0 aromatic carbocycles. The van der Waals surface area contributed by atoms with E-state index >= 15 is 0 Å². The number of nitrogens with zero attached hydrogens (tertiary/aromatic N) is 1. The fraction of sp³-hybridized carbons (Fsp3) is 0.727. The molecule has 0 spiro atoms. The van der Waals surface area contributed by atoms with Gasteiger partial charge in [-0.1, -0.05) is 0 Å². The zero-order valence-electron chi connectivity index (χ0n) is 17.9. The molecule has 0 saturated carbocycles. The van der Waals surface area contributed by atoms with Crippen molar-refractivity contribution in [3.8, 4) is 32.0 Å². The first kappa shape index (κ1) is 23.2. The Morgan fingerprint density at radius 2 is 0.833 bits per heavy atom. The van der Waals surface area contributed by atoms with Crippen LogP contribution in [0.3, 0.4) is 0 Å². The van der Waals surface area contributed by atoms with Crippen molar-refractivity contribution in [3.63, 3.8) is 0 Å². The van der Waals surface area contributed by atoms with Gasteiger partial charge in [0.1, 0.15) is 0 Å². The Morgan fingerprint density at radius 1 is 0.583 bits per heavy atom.